The number of rotatable bonds is 0. The number of nitrogens with two attached hydrogens (primary N) is 1. The minimum absolute atomic E-state index is 0.0625. The van der Waals surface area contributed by atoms with Crippen LogP contribution in [-0.2, 0) is 3.79 Å². The second-order valence-electron chi connectivity index (χ2n) is 1.72. The van der Waals surface area contributed by atoms with E-state index in [2.05, 4.69) is 22.4 Å². The summed E-state index contributed by atoms with van der Waals surface area (Å²) in [6.07, 6.45) is 0. The average Bonchev–Trinajstić information content (AvgIpc) is 2.11. The number of hydrogen-bond acceptors (Lipinski definition) is 3. The Morgan fingerprint density at radius 1 is 1.55 bits per heavy atom. The molecule has 0 bridgehead atoms. The van der Waals surface area contributed by atoms with Crippen LogP contribution in [0, 0.1) is 4.77 Å². The van der Waals surface area contributed by atoms with E-state index >= 15 is 0 Å². The van der Waals surface area contributed by atoms with Gasteiger partial charge < -0.3 is 5.84 Å². The molecule has 4 nitrogen and oxygen atoms in total. The standard InChI is InChI=1S/C3H3Cl3N4S/c4-3(5,6)1-8-9-2(11)10(1)7/h7H2,(H,9,11). The Morgan fingerprint density at radius 2 is 2.09 bits per heavy atom. The van der Waals surface area contributed by atoms with Gasteiger partial charge in [-0.05, 0) is 12.2 Å². The SMILES string of the molecule is Nn1c(C(Cl)(Cl)Cl)n[nH]c1=S. The van der Waals surface area contributed by atoms with Gasteiger partial charge in [-0.1, -0.05) is 34.8 Å². The van der Waals surface area contributed by atoms with Gasteiger partial charge in [0, 0.05) is 0 Å². The van der Waals surface area contributed by atoms with Crippen molar-refractivity contribution < 1.29 is 0 Å². The number of nitrogens with one attached hydrogen (secondary N) is 1. The summed E-state index contributed by atoms with van der Waals surface area (Å²) in [5.74, 6) is 5.42. The fourth-order valence-corrected chi connectivity index (χ4v) is 1.04. The number of aromatic amines is 1. The van der Waals surface area contributed by atoms with Gasteiger partial charge in [-0.3, -0.25) is 5.10 Å². The summed E-state index contributed by atoms with van der Waals surface area (Å²) in [7, 11) is 0. The number of alkyl halides is 3. The van der Waals surface area contributed by atoms with Crippen molar-refractivity contribution in [3.63, 3.8) is 0 Å². The molecule has 0 atom stereocenters. The summed E-state index contributed by atoms with van der Waals surface area (Å²) in [6.45, 7) is 0. The number of hydrogen-bond donors (Lipinski definition) is 2. The zero-order valence-electron chi connectivity index (χ0n) is 5.01. The Hall–Kier alpha value is 0.0300. The number of nitrogens with zero attached hydrogens (tertiary/aromatic N) is 2. The first kappa shape index (κ1) is 9.12. The molecule has 62 valence electrons. The van der Waals surface area contributed by atoms with Crippen LogP contribution in [0.15, 0.2) is 0 Å². The molecule has 0 fully saturated rings. The van der Waals surface area contributed by atoms with Crippen molar-refractivity contribution in [1.82, 2.24) is 14.9 Å². The monoisotopic (exact) mass is 232 g/mol. The summed E-state index contributed by atoms with van der Waals surface area (Å²) < 4.78 is -0.448. The molecule has 0 aliphatic carbocycles. The van der Waals surface area contributed by atoms with Gasteiger partial charge in [0.25, 0.3) is 3.79 Å². The molecule has 0 aliphatic heterocycles. The summed E-state index contributed by atoms with van der Waals surface area (Å²) in [5, 5.41) is 5.99. The zero-order valence-corrected chi connectivity index (χ0v) is 8.10. The normalized spacial score (nSPS) is 11.9. The van der Waals surface area contributed by atoms with Gasteiger partial charge in [0.05, 0.1) is 0 Å². The van der Waals surface area contributed by atoms with Gasteiger partial charge in [0.2, 0.25) is 10.6 Å². The van der Waals surface area contributed by atoms with Crippen LogP contribution in [0.1, 0.15) is 5.82 Å². The van der Waals surface area contributed by atoms with Gasteiger partial charge >= 0.3 is 0 Å². The first-order valence-electron chi connectivity index (χ1n) is 2.42. The first-order valence-corrected chi connectivity index (χ1v) is 3.97. The molecule has 0 aliphatic rings. The largest absolute Gasteiger partial charge is 0.335 e. The molecule has 8 heteroatoms. The minimum Gasteiger partial charge on any atom is -0.335 e. The third-order valence-corrected chi connectivity index (χ3v) is 1.75. The van der Waals surface area contributed by atoms with Crippen LogP contribution >= 0.6 is 47.0 Å². The lowest BCUT2D eigenvalue weighted by Crippen LogP contribution is -2.18. The summed E-state index contributed by atoms with van der Waals surface area (Å²) >= 11 is 21.1. The van der Waals surface area contributed by atoms with Gasteiger partial charge in [-0.2, -0.15) is 5.10 Å². The topological polar surface area (TPSA) is 59.6 Å². The van der Waals surface area contributed by atoms with E-state index in [0.29, 0.717) is 0 Å². The Labute approximate surface area is 82.2 Å². The molecule has 1 rings (SSSR count). The van der Waals surface area contributed by atoms with E-state index in [9.17, 15) is 0 Å². The molecule has 0 aromatic carbocycles. The lowest BCUT2D eigenvalue weighted by atomic mass is 10.7. The Balaban J connectivity index is 3.26. The molecule has 1 aromatic rings. The molecule has 0 amide bonds. The molecule has 0 spiro atoms. The van der Waals surface area contributed by atoms with Crippen molar-refractivity contribution in [2.45, 2.75) is 3.79 Å². The molecule has 1 aromatic heterocycles. The Kier molecular flexibility index (Phi) is 2.34. The molecule has 0 radical (unpaired) electrons. The van der Waals surface area contributed by atoms with Crippen LogP contribution < -0.4 is 5.84 Å². The summed E-state index contributed by atoms with van der Waals surface area (Å²) in [6, 6.07) is 0. The van der Waals surface area contributed by atoms with Crippen molar-refractivity contribution in [1.29, 1.82) is 0 Å². The highest BCUT2D eigenvalue weighted by molar-refractivity contribution is 7.71. The predicted octanol–water partition coefficient (Wildman–Crippen LogP) is 1.48. The van der Waals surface area contributed by atoms with Gasteiger partial charge in [0.15, 0.2) is 0 Å². The Bertz CT molecular complexity index is 309. The molecule has 0 unspecified atom stereocenters. The first-order chi connectivity index (χ1) is 4.93. The lowest BCUT2D eigenvalue weighted by Gasteiger charge is -2.07. The average molecular weight is 234 g/mol. The van der Waals surface area contributed by atoms with Crippen molar-refractivity contribution in [2.24, 2.45) is 0 Å². The van der Waals surface area contributed by atoms with Crippen molar-refractivity contribution in [3.05, 3.63) is 10.6 Å². The fourth-order valence-electron chi connectivity index (χ4n) is 0.505. The van der Waals surface area contributed by atoms with E-state index in [4.69, 9.17) is 40.6 Å². The molecule has 0 saturated heterocycles. The number of nitrogen functional groups attached to an aromatic ring is 1. The smallest absolute Gasteiger partial charge is 0.251 e. The van der Waals surface area contributed by atoms with E-state index < -0.39 is 3.79 Å². The van der Waals surface area contributed by atoms with E-state index in [1.165, 1.54) is 0 Å². The lowest BCUT2D eigenvalue weighted by molar-refractivity contribution is 0.865. The van der Waals surface area contributed by atoms with E-state index in [1.807, 2.05) is 0 Å². The molecule has 11 heavy (non-hydrogen) atoms. The third kappa shape index (κ3) is 1.79. The number of H-pyrrole nitrogens is 1. The second-order valence-corrected chi connectivity index (χ2v) is 4.39. The third-order valence-electron chi connectivity index (χ3n) is 0.958. The highest BCUT2D eigenvalue weighted by atomic mass is 35.6. The summed E-state index contributed by atoms with van der Waals surface area (Å²) in [5.41, 5.74) is 0. The van der Waals surface area contributed by atoms with Crippen LogP contribution in [0.2, 0.25) is 0 Å². The van der Waals surface area contributed by atoms with E-state index in [0.717, 1.165) is 4.68 Å². The highest BCUT2D eigenvalue weighted by Crippen LogP contribution is 2.35. The minimum atomic E-state index is -1.65. The molecular formula is C3H3Cl3N4S. The fraction of sp³-hybridized carbons (Fsp3) is 0.333. The van der Waals surface area contributed by atoms with E-state index in [-0.39, 0.29) is 10.6 Å². The quantitative estimate of drug-likeness (QED) is 0.405. The highest BCUT2D eigenvalue weighted by Gasteiger charge is 2.29. The maximum absolute atomic E-state index is 5.48. The zero-order chi connectivity index (χ0) is 8.65. The van der Waals surface area contributed by atoms with Crippen LogP contribution in [0.25, 0.3) is 0 Å². The molecule has 1 heterocycles. The predicted molar refractivity (Wildman–Crippen MR) is 46.8 cm³/mol. The molecule has 3 N–H and O–H groups in total. The number of halogens is 3. The molecule has 0 saturated carbocycles. The Morgan fingerprint density at radius 3 is 2.27 bits per heavy atom. The van der Waals surface area contributed by atoms with Crippen LogP contribution in [-0.4, -0.2) is 14.9 Å². The van der Waals surface area contributed by atoms with Gasteiger partial charge in [-0.25, -0.2) is 4.68 Å². The van der Waals surface area contributed by atoms with Crippen molar-refractivity contribution in [3.8, 4) is 0 Å². The van der Waals surface area contributed by atoms with E-state index in [1.54, 1.807) is 0 Å². The second kappa shape index (κ2) is 2.82. The van der Waals surface area contributed by atoms with Gasteiger partial charge in [0.1, 0.15) is 0 Å². The van der Waals surface area contributed by atoms with Crippen LogP contribution in [0.4, 0.5) is 0 Å². The van der Waals surface area contributed by atoms with Crippen LogP contribution in [0.3, 0.4) is 0 Å². The van der Waals surface area contributed by atoms with Crippen LogP contribution in [0.5, 0.6) is 0 Å². The maximum atomic E-state index is 5.48. The molecular weight excluding hydrogens is 230 g/mol. The summed E-state index contributed by atoms with van der Waals surface area (Å²) in [4.78, 5) is 0. The van der Waals surface area contributed by atoms with Gasteiger partial charge in [-0.15, -0.1) is 0 Å². The number of aromatic nitrogens is 3. The van der Waals surface area contributed by atoms with Crippen molar-refractivity contribution in [2.75, 3.05) is 5.84 Å². The van der Waals surface area contributed by atoms with Crippen molar-refractivity contribution >= 4 is 47.0 Å². The maximum Gasteiger partial charge on any atom is 0.251 e.